The standard InChI is InChI=1S/C12H12F4N2O3S/c13-8-2-7(9(14)1-6(8)3-18-22(20)21)11(10(17)19)4-12(15,16)5-11/h1-2,18H,3-5H2,(H2,17,19)(H,20,21). The van der Waals surface area contributed by atoms with Crippen LogP contribution >= 0.6 is 0 Å². The molecule has 1 aromatic rings. The molecule has 5 nitrogen and oxygen atoms in total. The maximum Gasteiger partial charge on any atom is 0.250 e. The van der Waals surface area contributed by atoms with Crippen molar-refractivity contribution in [3.63, 3.8) is 0 Å². The van der Waals surface area contributed by atoms with Crippen LogP contribution in [0.15, 0.2) is 12.1 Å². The minimum absolute atomic E-state index is 0.283. The van der Waals surface area contributed by atoms with E-state index in [9.17, 15) is 26.6 Å². The first kappa shape index (κ1) is 16.8. The molecule has 0 spiro atoms. The number of halogens is 4. The molecule has 0 radical (unpaired) electrons. The first-order valence-corrected chi connectivity index (χ1v) is 7.18. The average molecular weight is 340 g/mol. The molecule has 1 aliphatic carbocycles. The van der Waals surface area contributed by atoms with E-state index >= 15 is 0 Å². The zero-order chi connectivity index (χ0) is 16.7. The molecule has 1 atom stereocenters. The molecular weight excluding hydrogens is 328 g/mol. The first-order valence-electron chi connectivity index (χ1n) is 6.08. The topological polar surface area (TPSA) is 92.4 Å². The number of rotatable bonds is 5. The van der Waals surface area contributed by atoms with Crippen molar-refractivity contribution in [1.29, 1.82) is 0 Å². The third-order valence-corrected chi connectivity index (χ3v) is 4.02. The quantitative estimate of drug-likeness (QED) is 0.558. The molecule has 122 valence electrons. The summed E-state index contributed by atoms with van der Waals surface area (Å²) < 4.78 is 75.2. The summed E-state index contributed by atoms with van der Waals surface area (Å²) in [4.78, 5) is 11.5. The normalized spacial score (nSPS) is 20.2. The summed E-state index contributed by atoms with van der Waals surface area (Å²) in [6.45, 7) is -0.453. The van der Waals surface area contributed by atoms with Crippen LogP contribution in [0.1, 0.15) is 24.0 Å². The van der Waals surface area contributed by atoms with E-state index in [1.807, 2.05) is 4.72 Å². The summed E-state index contributed by atoms with van der Waals surface area (Å²) in [6.07, 6.45) is -1.96. The predicted molar refractivity (Wildman–Crippen MR) is 69.0 cm³/mol. The van der Waals surface area contributed by atoms with E-state index in [4.69, 9.17) is 10.3 Å². The molecule has 0 aromatic heterocycles. The predicted octanol–water partition coefficient (Wildman–Crippen LogP) is 1.34. The minimum atomic E-state index is -3.16. The van der Waals surface area contributed by atoms with Gasteiger partial charge in [0.15, 0.2) is 0 Å². The van der Waals surface area contributed by atoms with Gasteiger partial charge in [0.2, 0.25) is 17.2 Å². The Kier molecular flexibility index (Phi) is 4.28. The van der Waals surface area contributed by atoms with Crippen molar-refractivity contribution >= 4 is 17.2 Å². The molecule has 10 heteroatoms. The van der Waals surface area contributed by atoms with Crippen molar-refractivity contribution in [3.05, 3.63) is 34.9 Å². The van der Waals surface area contributed by atoms with Crippen LogP contribution in [0.25, 0.3) is 0 Å². The number of hydrogen-bond acceptors (Lipinski definition) is 2. The molecule has 1 saturated carbocycles. The lowest BCUT2D eigenvalue weighted by molar-refractivity contribution is -0.156. The van der Waals surface area contributed by atoms with Gasteiger partial charge in [0.05, 0.1) is 5.41 Å². The molecule has 0 aliphatic heterocycles. The van der Waals surface area contributed by atoms with Gasteiger partial charge in [-0.05, 0) is 12.1 Å². The van der Waals surface area contributed by atoms with Crippen LogP contribution in [0.5, 0.6) is 0 Å². The van der Waals surface area contributed by atoms with Gasteiger partial charge in [-0.1, -0.05) is 0 Å². The number of primary amides is 1. The lowest BCUT2D eigenvalue weighted by atomic mass is 9.61. The van der Waals surface area contributed by atoms with Gasteiger partial charge >= 0.3 is 0 Å². The minimum Gasteiger partial charge on any atom is -0.369 e. The van der Waals surface area contributed by atoms with Crippen LogP contribution in [-0.2, 0) is 28.0 Å². The fourth-order valence-electron chi connectivity index (χ4n) is 2.56. The van der Waals surface area contributed by atoms with E-state index in [2.05, 4.69) is 0 Å². The van der Waals surface area contributed by atoms with Crippen molar-refractivity contribution < 1.29 is 31.1 Å². The third kappa shape index (κ3) is 2.99. The summed E-state index contributed by atoms with van der Waals surface area (Å²) in [5.74, 6) is -6.38. The molecule has 1 aromatic carbocycles. The Morgan fingerprint density at radius 2 is 1.91 bits per heavy atom. The lowest BCUT2D eigenvalue weighted by Crippen LogP contribution is -2.57. The second-order valence-electron chi connectivity index (χ2n) is 5.15. The number of carbonyl (C=O) groups is 1. The van der Waals surface area contributed by atoms with Crippen LogP contribution in [-0.4, -0.2) is 20.6 Å². The summed E-state index contributed by atoms with van der Waals surface area (Å²) in [7, 11) is 0. The van der Waals surface area contributed by atoms with E-state index in [0.29, 0.717) is 12.1 Å². The molecule has 0 saturated heterocycles. The third-order valence-electron chi connectivity index (χ3n) is 3.63. The monoisotopic (exact) mass is 340 g/mol. The lowest BCUT2D eigenvalue weighted by Gasteiger charge is -2.45. The fraction of sp³-hybridized carbons (Fsp3) is 0.417. The molecule has 1 unspecified atom stereocenters. The molecule has 1 fully saturated rings. The largest absolute Gasteiger partial charge is 0.369 e. The number of amides is 1. The highest BCUT2D eigenvalue weighted by atomic mass is 32.2. The first-order chi connectivity index (χ1) is 10.1. The highest BCUT2D eigenvalue weighted by Crippen LogP contribution is 2.54. The van der Waals surface area contributed by atoms with Crippen molar-refractivity contribution in [1.82, 2.24) is 4.72 Å². The van der Waals surface area contributed by atoms with E-state index in [-0.39, 0.29) is 5.56 Å². The molecule has 2 rings (SSSR count). The van der Waals surface area contributed by atoms with E-state index < -0.39 is 65.1 Å². The van der Waals surface area contributed by atoms with Crippen LogP contribution in [0, 0.1) is 11.6 Å². The zero-order valence-electron chi connectivity index (χ0n) is 11.0. The number of carbonyl (C=O) groups excluding carboxylic acids is 1. The van der Waals surface area contributed by atoms with Crippen LogP contribution in [0.4, 0.5) is 17.6 Å². The molecule has 1 aliphatic rings. The Bertz CT molecular complexity index is 646. The second kappa shape index (κ2) is 5.60. The summed E-state index contributed by atoms with van der Waals surface area (Å²) in [6, 6.07) is 1.32. The fourth-order valence-corrected chi connectivity index (χ4v) is 2.84. The molecule has 22 heavy (non-hydrogen) atoms. The SMILES string of the molecule is NC(=O)C1(c2cc(F)c(CNS(=O)O)cc2F)CC(F)(F)C1. The van der Waals surface area contributed by atoms with Gasteiger partial charge in [-0.3, -0.25) is 9.35 Å². The van der Waals surface area contributed by atoms with E-state index in [0.717, 1.165) is 0 Å². The molecule has 4 N–H and O–H groups in total. The zero-order valence-corrected chi connectivity index (χ0v) is 11.9. The molecule has 0 heterocycles. The van der Waals surface area contributed by atoms with Gasteiger partial charge in [0, 0.05) is 30.5 Å². The van der Waals surface area contributed by atoms with Gasteiger partial charge in [0.1, 0.15) is 11.6 Å². The Morgan fingerprint density at radius 3 is 2.36 bits per heavy atom. The highest BCUT2D eigenvalue weighted by Gasteiger charge is 2.62. The average Bonchev–Trinajstić information content (AvgIpc) is 2.35. The van der Waals surface area contributed by atoms with Gasteiger partial charge in [-0.25, -0.2) is 26.5 Å². The summed E-state index contributed by atoms with van der Waals surface area (Å²) in [5, 5.41) is 0. The smallest absolute Gasteiger partial charge is 0.250 e. The van der Waals surface area contributed by atoms with Crippen molar-refractivity contribution in [2.24, 2.45) is 5.73 Å². The number of alkyl halides is 2. The Hall–Kier alpha value is -1.52. The van der Waals surface area contributed by atoms with E-state index in [1.165, 1.54) is 0 Å². The Labute approximate surface area is 125 Å². The number of nitrogens with one attached hydrogen (secondary N) is 1. The summed E-state index contributed by atoms with van der Waals surface area (Å²) >= 11 is -2.42. The maximum absolute atomic E-state index is 14.1. The maximum atomic E-state index is 14.1. The van der Waals surface area contributed by atoms with Gasteiger partial charge in [-0.2, -0.15) is 0 Å². The van der Waals surface area contributed by atoms with E-state index in [1.54, 1.807) is 0 Å². The van der Waals surface area contributed by atoms with Crippen molar-refractivity contribution in [3.8, 4) is 0 Å². The van der Waals surface area contributed by atoms with Crippen molar-refractivity contribution in [2.45, 2.75) is 30.7 Å². The number of nitrogens with two attached hydrogens (primary N) is 1. The Balaban J connectivity index is 2.38. The van der Waals surface area contributed by atoms with Crippen LogP contribution in [0.2, 0.25) is 0 Å². The Morgan fingerprint density at radius 1 is 1.32 bits per heavy atom. The van der Waals surface area contributed by atoms with Crippen molar-refractivity contribution in [2.75, 3.05) is 0 Å². The number of hydrogen-bond donors (Lipinski definition) is 3. The van der Waals surface area contributed by atoms with Crippen LogP contribution in [0.3, 0.4) is 0 Å². The van der Waals surface area contributed by atoms with Crippen LogP contribution < -0.4 is 10.5 Å². The van der Waals surface area contributed by atoms with Gasteiger partial charge in [0.25, 0.3) is 5.92 Å². The molecular formula is C12H12F4N2O3S. The molecule has 0 bridgehead atoms. The molecule has 1 amide bonds. The highest BCUT2D eigenvalue weighted by molar-refractivity contribution is 7.77. The van der Waals surface area contributed by atoms with Gasteiger partial charge in [-0.15, -0.1) is 0 Å². The number of benzene rings is 1. The summed E-state index contributed by atoms with van der Waals surface area (Å²) in [5.41, 5.74) is 2.34. The van der Waals surface area contributed by atoms with Gasteiger partial charge < -0.3 is 5.73 Å². The second-order valence-corrected chi connectivity index (χ2v) is 5.94.